The molecule has 3 aromatic rings. The van der Waals surface area contributed by atoms with E-state index < -0.39 is 23.4 Å². The van der Waals surface area contributed by atoms with Gasteiger partial charge in [-0.25, -0.2) is 9.78 Å². The number of H-pyrrole nitrogens is 2. The minimum Gasteiger partial charge on any atom is -0.478 e. The highest BCUT2D eigenvalue weighted by Crippen LogP contribution is 2.29. The Morgan fingerprint density at radius 1 is 1.09 bits per heavy atom. The van der Waals surface area contributed by atoms with Gasteiger partial charge < -0.3 is 15.4 Å². The van der Waals surface area contributed by atoms with Crippen LogP contribution < -0.4 is 5.32 Å². The second kappa shape index (κ2) is 13.9. The first-order valence-electron chi connectivity index (χ1n) is 12.1. The number of aromatic amines is 2. The molecule has 0 atom stereocenters. The van der Waals surface area contributed by atoms with Gasteiger partial charge in [0.15, 0.2) is 5.69 Å². The number of pyridine rings is 1. The number of alkyl halides is 3. The van der Waals surface area contributed by atoms with Crippen LogP contribution in [0.4, 0.5) is 13.2 Å². The molecule has 0 unspecified atom stereocenters. The van der Waals surface area contributed by atoms with Crippen LogP contribution in [0.2, 0.25) is 0 Å². The van der Waals surface area contributed by atoms with E-state index in [4.69, 9.17) is 5.11 Å². The van der Waals surface area contributed by atoms with Crippen molar-refractivity contribution in [3.63, 3.8) is 0 Å². The summed E-state index contributed by atoms with van der Waals surface area (Å²) in [5.41, 5.74) is 2.65. The van der Waals surface area contributed by atoms with E-state index in [9.17, 15) is 18.0 Å². The molecule has 7 nitrogen and oxygen atoms in total. The molecule has 35 heavy (non-hydrogen) atoms. The standard InChI is InChI=1S/C20H33N3.C5H3F3N2O2/c1-4-5-6-7-8-9-10-11-13-21-15-19-16(2)18-12-14-22-20(18)23-17(19)3;6-5(7,8)3-2(4(11)12)1-9-10-3/h12,14,21H,4-11,13,15H2,1-3H3,(H,22,23);1H,(H,9,10)(H,11,12). The average Bonchev–Trinajstić information content (AvgIpc) is 3.47. The Bertz CT molecular complexity index is 1060. The van der Waals surface area contributed by atoms with Gasteiger partial charge in [0.2, 0.25) is 0 Å². The Balaban J connectivity index is 0.000000303. The summed E-state index contributed by atoms with van der Waals surface area (Å²) < 4.78 is 35.7. The van der Waals surface area contributed by atoms with Crippen molar-refractivity contribution in [3.8, 4) is 0 Å². The third-order valence-corrected chi connectivity index (χ3v) is 5.96. The Hall–Kier alpha value is -2.88. The predicted octanol–water partition coefficient (Wildman–Crippen LogP) is 6.54. The minimum atomic E-state index is -4.70. The number of carboxylic acid groups (broad SMARTS) is 1. The number of hydrogen-bond acceptors (Lipinski definition) is 4. The SMILES string of the molecule is CCCCCCCCCCNCc1c(C)nc2[nH]ccc2c1C.O=C(O)c1cn[nH]c1C(F)(F)F. The van der Waals surface area contributed by atoms with E-state index in [-0.39, 0.29) is 0 Å². The average molecular weight is 496 g/mol. The topological polar surface area (TPSA) is 107 Å². The Labute approximate surface area is 203 Å². The van der Waals surface area contributed by atoms with E-state index >= 15 is 0 Å². The smallest absolute Gasteiger partial charge is 0.433 e. The highest BCUT2D eigenvalue weighted by atomic mass is 19.4. The predicted molar refractivity (Wildman–Crippen MR) is 130 cm³/mol. The van der Waals surface area contributed by atoms with Gasteiger partial charge in [-0.05, 0) is 44.0 Å². The number of nitrogens with zero attached hydrogens (tertiary/aromatic N) is 2. The van der Waals surface area contributed by atoms with Gasteiger partial charge >= 0.3 is 12.1 Å². The van der Waals surface area contributed by atoms with Crippen molar-refractivity contribution in [1.29, 1.82) is 0 Å². The number of aromatic carboxylic acids is 1. The number of carboxylic acids is 1. The van der Waals surface area contributed by atoms with Crippen LogP contribution in [-0.2, 0) is 12.7 Å². The van der Waals surface area contributed by atoms with Gasteiger partial charge in [-0.2, -0.15) is 18.3 Å². The molecule has 10 heteroatoms. The van der Waals surface area contributed by atoms with Gasteiger partial charge in [-0.15, -0.1) is 0 Å². The van der Waals surface area contributed by atoms with Crippen LogP contribution in [0.1, 0.15) is 91.2 Å². The molecule has 0 spiro atoms. The zero-order valence-electron chi connectivity index (χ0n) is 20.7. The molecule has 4 N–H and O–H groups in total. The molecule has 0 aliphatic carbocycles. The van der Waals surface area contributed by atoms with Crippen molar-refractivity contribution in [2.75, 3.05) is 6.54 Å². The van der Waals surface area contributed by atoms with E-state index in [1.54, 1.807) is 5.10 Å². The Kier molecular flexibility index (Phi) is 11.2. The lowest BCUT2D eigenvalue weighted by molar-refractivity contribution is -0.141. The number of aryl methyl sites for hydroxylation is 2. The molecule has 3 aromatic heterocycles. The van der Waals surface area contributed by atoms with Crippen LogP contribution >= 0.6 is 0 Å². The maximum Gasteiger partial charge on any atom is 0.433 e. The lowest BCUT2D eigenvalue weighted by Gasteiger charge is -2.11. The lowest BCUT2D eigenvalue weighted by atomic mass is 10.0. The number of unbranched alkanes of at least 4 members (excludes halogenated alkanes) is 7. The van der Waals surface area contributed by atoms with Crippen molar-refractivity contribution in [2.45, 2.75) is 84.9 Å². The number of carbonyl (C=O) groups is 1. The van der Waals surface area contributed by atoms with Crippen LogP contribution in [0.3, 0.4) is 0 Å². The highest BCUT2D eigenvalue weighted by Gasteiger charge is 2.37. The number of fused-ring (bicyclic) bond motifs is 1. The fourth-order valence-corrected chi connectivity index (χ4v) is 3.95. The maximum atomic E-state index is 11.9. The van der Waals surface area contributed by atoms with Crippen LogP contribution in [0.15, 0.2) is 18.5 Å². The largest absolute Gasteiger partial charge is 0.478 e. The van der Waals surface area contributed by atoms with Crippen LogP contribution in [-0.4, -0.2) is 37.8 Å². The van der Waals surface area contributed by atoms with Gasteiger partial charge in [0.1, 0.15) is 11.2 Å². The first-order valence-corrected chi connectivity index (χ1v) is 12.1. The fourth-order valence-electron chi connectivity index (χ4n) is 3.95. The van der Waals surface area contributed by atoms with E-state index in [0.29, 0.717) is 6.20 Å². The number of aromatic nitrogens is 4. The Morgan fingerprint density at radius 3 is 2.34 bits per heavy atom. The fraction of sp³-hybridized carbons (Fsp3) is 0.560. The summed E-state index contributed by atoms with van der Waals surface area (Å²) in [6, 6.07) is 2.12. The molecular weight excluding hydrogens is 459 g/mol. The van der Waals surface area contributed by atoms with Crippen LogP contribution in [0, 0.1) is 13.8 Å². The molecule has 3 rings (SSSR count). The monoisotopic (exact) mass is 495 g/mol. The molecule has 0 aromatic carbocycles. The van der Waals surface area contributed by atoms with Gasteiger partial charge in [0.05, 0.1) is 6.20 Å². The number of hydrogen-bond donors (Lipinski definition) is 4. The van der Waals surface area contributed by atoms with Crippen molar-refractivity contribution in [2.24, 2.45) is 0 Å². The molecule has 0 saturated carbocycles. The molecule has 0 amide bonds. The summed E-state index contributed by atoms with van der Waals surface area (Å²) >= 11 is 0. The molecular formula is C25H36F3N5O2. The van der Waals surface area contributed by atoms with Crippen LogP contribution in [0.25, 0.3) is 11.0 Å². The summed E-state index contributed by atoms with van der Waals surface area (Å²) in [5.74, 6) is -1.66. The van der Waals surface area contributed by atoms with Gasteiger partial charge in [0, 0.05) is 23.8 Å². The van der Waals surface area contributed by atoms with E-state index in [0.717, 1.165) is 24.4 Å². The maximum absolute atomic E-state index is 11.9. The molecule has 0 radical (unpaired) electrons. The molecule has 3 heterocycles. The zero-order chi connectivity index (χ0) is 25.8. The van der Waals surface area contributed by atoms with Gasteiger partial charge in [-0.3, -0.25) is 5.10 Å². The normalized spacial score (nSPS) is 11.5. The lowest BCUT2D eigenvalue weighted by Crippen LogP contribution is -2.17. The van der Waals surface area contributed by atoms with Crippen LogP contribution in [0.5, 0.6) is 0 Å². The summed E-state index contributed by atoms with van der Waals surface area (Å²) in [4.78, 5) is 18.0. The van der Waals surface area contributed by atoms with Crippen molar-refractivity contribution in [1.82, 2.24) is 25.5 Å². The van der Waals surface area contributed by atoms with E-state index in [1.165, 1.54) is 67.9 Å². The quantitative estimate of drug-likeness (QED) is 0.214. The third-order valence-electron chi connectivity index (χ3n) is 5.96. The third kappa shape index (κ3) is 8.69. The van der Waals surface area contributed by atoms with Crippen molar-refractivity contribution < 1.29 is 23.1 Å². The second-order valence-corrected chi connectivity index (χ2v) is 8.65. The molecule has 0 saturated heterocycles. The molecule has 0 fully saturated rings. The van der Waals surface area contributed by atoms with Gasteiger partial charge in [0.25, 0.3) is 0 Å². The molecule has 194 valence electrons. The summed E-state index contributed by atoms with van der Waals surface area (Å²) in [5, 5.41) is 17.7. The molecule has 0 aliphatic heterocycles. The number of nitrogens with one attached hydrogen (secondary N) is 3. The molecule has 0 aliphatic rings. The first-order chi connectivity index (χ1) is 16.7. The highest BCUT2D eigenvalue weighted by molar-refractivity contribution is 5.88. The second-order valence-electron chi connectivity index (χ2n) is 8.65. The summed E-state index contributed by atoms with van der Waals surface area (Å²) in [6.45, 7) is 8.64. The minimum absolute atomic E-state index is 0.616. The molecule has 0 bridgehead atoms. The number of rotatable bonds is 12. The first kappa shape index (κ1) is 28.4. The van der Waals surface area contributed by atoms with E-state index in [1.807, 2.05) is 6.20 Å². The van der Waals surface area contributed by atoms with Gasteiger partial charge in [-0.1, -0.05) is 51.9 Å². The summed E-state index contributed by atoms with van der Waals surface area (Å²) in [7, 11) is 0. The van der Waals surface area contributed by atoms with E-state index in [2.05, 4.69) is 47.2 Å². The zero-order valence-corrected chi connectivity index (χ0v) is 20.7. The van der Waals surface area contributed by atoms with Crippen molar-refractivity contribution >= 4 is 17.0 Å². The number of halogens is 3. The van der Waals surface area contributed by atoms with Crippen molar-refractivity contribution in [3.05, 3.63) is 46.5 Å². The Morgan fingerprint density at radius 2 is 1.74 bits per heavy atom. The summed E-state index contributed by atoms with van der Waals surface area (Å²) in [6.07, 6.45) is 8.90.